The highest BCUT2D eigenvalue weighted by atomic mass is 32.1. The lowest BCUT2D eigenvalue weighted by molar-refractivity contribution is -0.114. The second-order valence-corrected chi connectivity index (χ2v) is 7.77. The van der Waals surface area contributed by atoms with E-state index in [0.717, 1.165) is 37.5 Å². The summed E-state index contributed by atoms with van der Waals surface area (Å²) in [5, 5.41) is 4.05. The molecular formula is C18H27N3O3S. The topological polar surface area (TPSA) is 61.9 Å². The van der Waals surface area contributed by atoms with Gasteiger partial charge in [0.05, 0.1) is 11.6 Å². The van der Waals surface area contributed by atoms with E-state index in [-0.39, 0.29) is 12.0 Å². The minimum absolute atomic E-state index is 0.00743. The second kappa shape index (κ2) is 8.19. The first-order valence-corrected chi connectivity index (χ1v) is 9.95. The molecule has 0 radical (unpaired) electrons. The molecule has 25 heavy (non-hydrogen) atoms. The predicted molar refractivity (Wildman–Crippen MR) is 99.1 cm³/mol. The Morgan fingerprint density at radius 2 is 1.88 bits per heavy atom. The van der Waals surface area contributed by atoms with E-state index in [1.807, 2.05) is 6.92 Å². The van der Waals surface area contributed by atoms with Crippen molar-refractivity contribution >= 4 is 28.3 Å². The molecule has 3 rings (SSSR count). The van der Waals surface area contributed by atoms with Crippen LogP contribution in [0, 0.1) is 0 Å². The van der Waals surface area contributed by atoms with Gasteiger partial charge in [0.1, 0.15) is 0 Å². The van der Waals surface area contributed by atoms with Crippen LogP contribution < -0.4 is 5.32 Å². The number of carbonyl (C=O) groups excluding carboxylic acids is 2. The number of carbonyl (C=O) groups is 2. The van der Waals surface area contributed by atoms with Crippen LogP contribution in [-0.4, -0.2) is 54.6 Å². The number of ether oxygens (including phenoxy) is 1. The summed E-state index contributed by atoms with van der Waals surface area (Å²) in [5.74, 6) is -0.00743. The maximum Gasteiger partial charge on any atom is 0.409 e. The number of anilines is 1. The smallest absolute Gasteiger partial charge is 0.409 e. The van der Waals surface area contributed by atoms with Crippen LogP contribution >= 0.6 is 11.3 Å². The molecule has 1 aromatic heterocycles. The van der Waals surface area contributed by atoms with Gasteiger partial charge < -0.3 is 15.0 Å². The van der Waals surface area contributed by atoms with Gasteiger partial charge in [0, 0.05) is 50.1 Å². The van der Waals surface area contributed by atoms with E-state index in [9.17, 15) is 9.59 Å². The molecule has 1 aromatic rings. The number of nitrogens with one attached hydrogen (secondary N) is 1. The van der Waals surface area contributed by atoms with E-state index in [1.54, 1.807) is 23.2 Å². The number of rotatable bonds is 4. The van der Waals surface area contributed by atoms with Crippen molar-refractivity contribution in [3.8, 4) is 0 Å². The molecule has 1 fully saturated rings. The van der Waals surface area contributed by atoms with Gasteiger partial charge in [-0.2, -0.15) is 0 Å². The van der Waals surface area contributed by atoms with E-state index in [1.165, 1.54) is 28.8 Å². The standard InChI is InChI=1S/C18H27N3O3S/c1-3-24-18(23)21-10-8-20(9-11-21)12-15-14-6-4-5-7-16(14)25-17(15)19-13(2)22/h3-12H2,1-2H3,(H,19,22). The Balaban J connectivity index is 1.67. The maximum atomic E-state index is 11.8. The van der Waals surface area contributed by atoms with Crippen LogP contribution in [0.3, 0.4) is 0 Å². The monoisotopic (exact) mass is 365 g/mol. The van der Waals surface area contributed by atoms with Crippen molar-refractivity contribution in [1.29, 1.82) is 0 Å². The largest absolute Gasteiger partial charge is 0.450 e. The number of hydrogen-bond donors (Lipinski definition) is 1. The van der Waals surface area contributed by atoms with Crippen molar-refractivity contribution in [2.24, 2.45) is 0 Å². The normalized spacial score (nSPS) is 17.9. The molecule has 0 saturated carbocycles. The van der Waals surface area contributed by atoms with Gasteiger partial charge in [0.25, 0.3) is 0 Å². The highest BCUT2D eigenvalue weighted by Crippen LogP contribution is 2.39. The minimum atomic E-state index is -0.214. The molecule has 0 aromatic carbocycles. The fraction of sp³-hybridized carbons (Fsp3) is 0.667. The number of hydrogen-bond acceptors (Lipinski definition) is 5. The molecule has 2 amide bonds. The van der Waals surface area contributed by atoms with Gasteiger partial charge >= 0.3 is 6.09 Å². The van der Waals surface area contributed by atoms with Crippen LogP contribution in [-0.2, 0) is 28.9 Å². The van der Waals surface area contributed by atoms with Crippen LogP contribution in [0.2, 0.25) is 0 Å². The minimum Gasteiger partial charge on any atom is -0.450 e. The molecule has 0 unspecified atom stereocenters. The lowest BCUT2D eigenvalue weighted by atomic mass is 9.95. The third-order valence-electron chi connectivity index (χ3n) is 4.85. The maximum absolute atomic E-state index is 11.8. The van der Waals surface area contributed by atoms with Gasteiger partial charge in [-0.25, -0.2) is 4.79 Å². The lowest BCUT2D eigenvalue weighted by Gasteiger charge is -2.34. The Bertz CT molecular complexity index is 636. The molecule has 1 aliphatic carbocycles. The number of thiophene rings is 1. The molecular weight excluding hydrogens is 338 g/mol. The number of nitrogens with zero attached hydrogens (tertiary/aromatic N) is 2. The van der Waals surface area contributed by atoms with E-state index >= 15 is 0 Å². The summed E-state index contributed by atoms with van der Waals surface area (Å²) < 4.78 is 5.08. The highest BCUT2D eigenvalue weighted by molar-refractivity contribution is 7.16. The van der Waals surface area contributed by atoms with Crippen LogP contribution in [0.5, 0.6) is 0 Å². The van der Waals surface area contributed by atoms with Crippen molar-refractivity contribution in [2.75, 3.05) is 38.1 Å². The Labute approximate surface area is 153 Å². The number of aryl methyl sites for hydroxylation is 1. The fourth-order valence-corrected chi connectivity index (χ4v) is 4.93. The molecule has 1 aliphatic heterocycles. The molecule has 0 bridgehead atoms. The first-order chi connectivity index (χ1) is 12.1. The van der Waals surface area contributed by atoms with Gasteiger partial charge in [-0.3, -0.25) is 9.69 Å². The van der Waals surface area contributed by atoms with Crippen molar-refractivity contribution in [3.05, 3.63) is 16.0 Å². The van der Waals surface area contributed by atoms with Crippen LogP contribution in [0.4, 0.5) is 9.80 Å². The Kier molecular flexibility index (Phi) is 5.96. The molecule has 2 aliphatic rings. The summed E-state index contributed by atoms with van der Waals surface area (Å²) >= 11 is 1.75. The molecule has 1 saturated heterocycles. The average Bonchev–Trinajstić information content (AvgIpc) is 2.92. The highest BCUT2D eigenvalue weighted by Gasteiger charge is 2.26. The zero-order valence-corrected chi connectivity index (χ0v) is 15.9. The molecule has 1 N–H and O–H groups in total. The van der Waals surface area contributed by atoms with Crippen molar-refractivity contribution in [2.45, 2.75) is 46.1 Å². The van der Waals surface area contributed by atoms with Gasteiger partial charge in [-0.15, -0.1) is 11.3 Å². The molecule has 0 atom stereocenters. The molecule has 138 valence electrons. The summed E-state index contributed by atoms with van der Waals surface area (Å²) in [5.41, 5.74) is 2.74. The Morgan fingerprint density at radius 1 is 1.16 bits per heavy atom. The SMILES string of the molecule is CCOC(=O)N1CCN(Cc2c(NC(C)=O)sc3c2CCCC3)CC1. The average molecular weight is 365 g/mol. The summed E-state index contributed by atoms with van der Waals surface area (Å²) in [6.07, 6.45) is 4.50. The Hall–Kier alpha value is -1.60. The van der Waals surface area contributed by atoms with Crippen molar-refractivity contribution < 1.29 is 14.3 Å². The van der Waals surface area contributed by atoms with Crippen LogP contribution in [0.15, 0.2) is 0 Å². The summed E-state index contributed by atoms with van der Waals surface area (Å²) in [7, 11) is 0. The van der Waals surface area contributed by atoms with Gasteiger partial charge in [-0.05, 0) is 38.2 Å². The third kappa shape index (κ3) is 4.33. The van der Waals surface area contributed by atoms with E-state index in [2.05, 4.69) is 10.2 Å². The first-order valence-electron chi connectivity index (χ1n) is 9.13. The Morgan fingerprint density at radius 3 is 2.56 bits per heavy atom. The zero-order valence-electron chi connectivity index (χ0n) is 15.1. The summed E-state index contributed by atoms with van der Waals surface area (Å²) in [4.78, 5) is 29.0. The molecule has 7 heteroatoms. The van der Waals surface area contributed by atoms with Crippen molar-refractivity contribution in [3.63, 3.8) is 0 Å². The van der Waals surface area contributed by atoms with Gasteiger partial charge in [0.15, 0.2) is 0 Å². The van der Waals surface area contributed by atoms with E-state index in [4.69, 9.17) is 4.74 Å². The van der Waals surface area contributed by atoms with E-state index in [0.29, 0.717) is 19.7 Å². The third-order valence-corrected chi connectivity index (χ3v) is 6.10. The predicted octanol–water partition coefficient (Wildman–Crippen LogP) is 2.86. The van der Waals surface area contributed by atoms with Gasteiger partial charge in [0.2, 0.25) is 5.91 Å². The summed E-state index contributed by atoms with van der Waals surface area (Å²) in [6.45, 7) is 7.73. The van der Waals surface area contributed by atoms with Gasteiger partial charge in [-0.1, -0.05) is 0 Å². The number of piperazine rings is 1. The lowest BCUT2D eigenvalue weighted by Crippen LogP contribution is -2.48. The molecule has 6 nitrogen and oxygen atoms in total. The first kappa shape index (κ1) is 18.2. The second-order valence-electron chi connectivity index (χ2n) is 6.66. The quantitative estimate of drug-likeness (QED) is 0.891. The fourth-order valence-electron chi connectivity index (χ4n) is 3.59. The number of amides is 2. The van der Waals surface area contributed by atoms with Crippen LogP contribution in [0.1, 0.15) is 42.7 Å². The van der Waals surface area contributed by atoms with E-state index < -0.39 is 0 Å². The zero-order chi connectivity index (χ0) is 17.8. The van der Waals surface area contributed by atoms with Crippen molar-refractivity contribution in [1.82, 2.24) is 9.80 Å². The molecule has 0 spiro atoms. The molecule has 2 heterocycles. The van der Waals surface area contributed by atoms with Crippen LogP contribution in [0.25, 0.3) is 0 Å². The summed E-state index contributed by atoms with van der Waals surface area (Å²) in [6, 6.07) is 0. The number of fused-ring (bicyclic) bond motifs is 1.